The lowest BCUT2D eigenvalue weighted by Gasteiger charge is -2.07. The summed E-state index contributed by atoms with van der Waals surface area (Å²) in [5.41, 5.74) is 3.28. The van der Waals surface area contributed by atoms with Crippen molar-refractivity contribution < 1.29 is 13.9 Å². The highest BCUT2D eigenvalue weighted by Gasteiger charge is 2.14. The zero-order valence-electron chi connectivity index (χ0n) is 17.0. The molecule has 0 radical (unpaired) electrons. The molecule has 3 heterocycles. The van der Waals surface area contributed by atoms with Crippen LogP contribution in [-0.2, 0) is 6.42 Å². The van der Waals surface area contributed by atoms with Crippen LogP contribution in [-0.4, -0.2) is 32.5 Å². The fourth-order valence-electron chi connectivity index (χ4n) is 3.63. The molecule has 0 aliphatic heterocycles. The largest absolute Gasteiger partial charge is 0.618 e. The third-order valence-electron chi connectivity index (χ3n) is 5.25. The number of benzene rings is 2. The van der Waals surface area contributed by atoms with Crippen molar-refractivity contribution in [2.45, 2.75) is 6.42 Å². The summed E-state index contributed by atoms with van der Waals surface area (Å²) < 4.78 is 16.8. The van der Waals surface area contributed by atoms with E-state index in [2.05, 4.69) is 20.4 Å². The third kappa shape index (κ3) is 3.39. The maximum atomic E-state index is 14.4. The zero-order chi connectivity index (χ0) is 22.2. The van der Waals surface area contributed by atoms with Crippen molar-refractivity contribution in [3.8, 4) is 11.3 Å². The van der Waals surface area contributed by atoms with Gasteiger partial charge in [-0.3, -0.25) is 4.79 Å². The van der Waals surface area contributed by atoms with Crippen LogP contribution in [0, 0.1) is 11.0 Å². The van der Waals surface area contributed by atoms with Crippen molar-refractivity contribution in [3.63, 3.8) is 0 Å². The van der Waals surface area contributed by atoms with Crippen molar-refractivity contribution in [3.05, 3.63) is 95.0 Å². The molecule has 158 valence electrons. The lowest BCUT2D eigenvalue weighted by molar-refractivity contribution is -0.577. The molecule has 0 saturated heterocycles. The van der Waals surface area contributed by atoms with Crippen LogP contribution < -0.4 is 10.0 Å². The summed E-state index contributed by atoms with van der Waals surface area (Å²) >= 11 is 0. The van der Waals surface area contributed by atoms with E-state index in [1.165, 1.54) is 31.6 Å². The van der Waals surface area contributed by atoms with Crippen molar-refractivity contribution in [2.24, 2.45) is 0 Å². The minimum atomic E-state index is -0.638. The van der Waals surface area contributed by atoms with E-state index < -0.39 is 11.7 Å². The first kappa shape index (κ1) is 19.6. The van der Waals surface area contributed by atoms with E-state index in [0.29, 0.717) is 29.0 Å². The first-order valence-corrected chi connectivity index (χ1v) is 9.86. The van der Waals surface area contributed by atoms with E-state index in [1.807, 2.05) is 18.2 Å². The second-order valence-electron chi connectivity index (χ2n) is 7.28. The molecule has 0 aliphatic carbocycles. The van der Waals surface area contributed by atoms with Crippen LogP contribution in [0.1, 0.15) is 21.6 Å². The number of pyridine rings is 1. The SMILES string of the molecule is CNC(=O)c1ccc(-c2cnc3ncc(Cc4ccc5c(ccc[n+]5[O-])c4)n3n2)cc1F. The number of amides is 1. The molecule has 5 rings (SSSR count). The van der Waals surface area contributed by atoms with Gasteiger partial charge in [0.1, 0.15) is 11.5 Å². The quantitative estimate of drug-likeness (QED) is 0.351. The fourth-order valence-corrected chi connectivity index (χ4v) is 3.63. The van der Waals surface area contributed by atoms with E-state index in [0.717, 1.165) is 21.4 Å². The Morgan fingerprint density at radius 3 is 2.81 bits per heavy atom. The molecule has 0 saturated carbocycles. The predicted molar refractivity (Wildman–Crippen MR) is 115 cm³/mol. The van der Waals surface area contributed by atoms with E-state index in [-0.39, 0.29) is 5.56 Å². The van der Waals surface area contributed by atoms with Crippen molar-refractivity contribution in [1.82, 2.24) is 24.9 Å². The van der Waals surface area contributed by atoms with Gasteiger partial charge >= 0.3 is 0 Å². The molecule has 5 aromatic rings. The van der Waals surface area contributed by atoms with Crippen LogP contribution in [0.2, 0.25) is 0 Å². The molecule has 3 aromatic heterocycles. The van der Waals surface area contributed by atoms with Gasteiger partial charge in [0, 0.05) is 36.6 Å². The van der Waals surface area contributed by atoms with Gasteiger partial charge in [0.2, 0.25) is 5.52 Å². The topological polar surface area (TPSA) is 99.1 Å². The number of aromatic nitrogens is 5. The third-order valence-corrected chi connectivity index (χ3v) is 5.25. The Balaban J connectivity index is 1.51. The number of rotatable bonds is 4. The van der Waals surface area contributed by atoms with Crippen LogP contribution in [0.4, 0.5) is 4.39 Å². The van der Waals surface area contributed by atoms with E-state index in [9.17, 15) is 14.4 Å². The van der Waals surface area contributed by atoms with Crippen molar-refractivity contribution in [2.75, 3.05) is 7.05 Å². The molecule has 0 fully saturated rings. The van der Waals surface area contributed by atoms with Gasteiger partial charge in [0.25, 0.3) is 11.7 Å². The van der Waals surface area contributed by atoms with Gasteiger partial charge < -0.3 is 10.5 Å². The van der Waals surface area contributed by atoms with Gasteiger partial charge in [-0.05, 0) is 29.8 Å². The Labute approximate surface area is 181 Å². The second kappa shape index (κ2) is 7.69. The summed E-state index contributed by atoms with van der Waals surface area (Å²) in [6, 6.07) is 13.5. The number of carbonyl (C=O) groups is 1. The molecular weight excluding hydrogens is 411 g/mol. The Morgan fingerprint density at radius 1 is 1.16 bits per heavy atom. The van der Waals surface area contributed by atoms with E-state index in [4.69, 9.17) is 0 Å². The molecule has 1 N–H and O–H groups in total. The summed E-state index contributed by atoms with van der Waals surface area (Å²) in [4.78, 5) is 20.4. The summed E-state index contributed by atoms with van der Waals surface area (Å²) in [6.45, 7) is 0. The molecule has 2 aromatic carbocycles. The van der Waals surface area contributed by atoms with Gasteiger partial charge in [-0.1, -0.05) is 12.1 Å². The second-order valence-corrected chi connectivity index (χ2v) is 7.28. The lowest BCUT2D eigenvalue weighted by Crippen LogP contribution is -2.25. The fraction of sp³-hybridized carbons (Fsp3) is 0.0870. The van der Waals surface area contributed by atoms with E-state index >= 15 is 0 Å². The van der Waals surface area contributed by atoms with Crippen LogP contribution in [0.25, 0.3) is 27.9 Å². The van der Waals surface area contributed by atoms with Gasteiger partial charge in [0.15, 0.2) is 6.20 Å². The number of hydrogen-bond acceptors (Lipinski definition) is 5. The molecule has 0 spiro atoms. The molecule has 1 amide bonds. The Morgan fingerprint density at radius 2 is 2.00 bits per heavy atom. The first-order valence-electron chi connectivity index (χ1n) is 9.86. The van der Waals surface area contributed by atoms with Crippen LogP contribution in [0.3, 0.4) is 0 Å². The minimum absolute atomic E-state index is 0.0377. The molecule has 8 nitrogen and oxygen atoms in total. The summed E-state index contributed by atoms with van der Waals surface area (Å²) in [5, 5.41) is 19.7. The molecular formula is C23H17FN6O2. The van der Waals surface area contributed by atoms with Gasteiger partial charge in [-0.25, -0.2) is 18.9 Å². The summed E-state index contributed by atoms with van der Waals surface area (Å²) in [5.74, 6) is -0.712. The number of imidazole rings is 1. The normalized spacial score (nSPS) is 11.2. The average molecular weight is 428 g/mol. The van der Waals surface area contributed by atoms with Crippen LogP contribution in [0.5, 0.6) is 0 Å². The smallest absolute Gasteiger partial charge is 0.253 e. The number of fused-ring (bicyclic) bond motifs is 2. The molecule has 0 bridgehead atoms. The highest BCUT2D eigenvalue weighted by atomic mass is 19.1. The van der Waals surface area contributed by atoms with E-state index in [1.54, 1.807) is 28.9 Å². The molecule has 0 atom stereocenters. The maximum absolute atomic E-state index is 14.4. The standard InChI is InChI=1S/C23H17FN6O2/c1-25-22(31)18-6-5-15(11-19(18)24)20-13-27-23-26-12-17(30(23)28-20)10-14-4-7-21-16(9-14)3-2-8-29(21)32/h2-9,11-13H,10H2,1H3,(H,25,31). The molecule has 9 heteroatoms. The Bertz CT molecular complexity index is 1500. The first-order chi connectivity index (χ1) is 15.5. The van der Waals surface area contributed by atoms with Crippen LogP contribution >= 0.6 is 0 Å². The number of carbonyl (C=O) groups excluding carboxylic acids is 1. The maximum Gasteiger partial charge on any atom is 0.253 e. The highest BCUT2D eigenvalue weighted by molar-refractivity contribution is 5.94. The Hall–Kier alpha value is -4.40. The van der Waals surface area contributed by atoms with Gasteiger partial charge in [-0.2, -0.15) is 9.83 Å². The lowest BCUT2D eigenvalue weighted by atomic mass is 10.1. The molecule has 0 unspecified atom stereocenters. The summed E-state index contributed by atoms with van der Waals surface area (Å²) in [6.07, 6.45) is 5.20. The number of hydrogen-bond donors (Lipinski definition) is 1. The number of halogens is 1. The molecule has 0 aliphatic rings. The average Bonchev–Trinajstić information content (AvgIpc) is 3.20. The minimum Gasteiger partial charge on any atom is -0.618 e. The summed E-state index contributed by atoms with van der Waals surface area (Å²) in [7, 11) is 1.45. The molecule has 32 heavy (non-hydrogen) atoms. The van der Waals surface area contributed by atoms with Crippen LogP contribution in [0.15, 0.2) is 67.1 Å². The van der Waals surface area contributed by atoms with Crippen molar-refractivity contribution >= 4 is 22.6 Å². The van der Waals surface area contributed by atoms with Crippen molar-refractivity contribution in [1.29, 1.82) is 0 Å². The number of nitrogens with one attached hydrogen (secondary N) is 1. The monoisotopic (exact) mass is 428 g/mol. The van der Waals surface area contributed by atoms with Gasteiger partial charge in [-0.15, -0.1) is 0 Å². The predicted octanol–water partition coefficient (Wildman–Crippen LogP) is 2.67. The number of nitrogens with zero attached hydrogens (tertiary/aromatic N) is 5. The Kier molecular flexibility index (Phi) is 4.70. The van der Waals surface area contributed by atoms with Gasteiger partial charge in [0.05, 0.1) is 23.7 Å². The zero-order valence-corrected chi connectivity index (χ0v) is 17.0. The highest BCUT2D eigenvalue weighted by Crippen LogP contribution is 2.21.